The van der Waals surface area contributed by atoms with E-state index in [0.29, 0.717) is 55.7 Å². The molecule has 1 N–H and O–H groups in total. The Kier molecular flexibility index (Phi) is 6.65. The number of likely N-dealkylation sites (N-methyl/N-ethyl adjacent to an activating group) is 1. The van der Waals surface area contributed by atoms with Gasteiger partial charge in [0, 0.05) is 43.8 Å². The van der Waals surface area contributed by atoms with Crippen molar-refractivity contribution < 1.29 is 18.7 Å². The molecule has 0 spiro atoms. The number of rotatable bonds is 6. The summed E-state index contributed by atoms with van der Waals surface area (Å²) < 4.78 is 30.0. The Balaban J connectivity index is 1.19. The Bertz CT molecular complexity index is 1480. The van der Waals surface area contributed by atoms with Crippen molar-refractivity contribution in [1.29, 1.82) is 0 Å². The highest BCUT2D eigenvalue weighted by molar-refractivity contribution is 5.85. The molecule has 1 aromatic carbocycles. The number of alkyl halides is 2. The summed E-state index contributed by atoms with van der Waals surface area (Å²) in [7, 11) is 1.72. The standard InChI is InChI=1S/C28H35F2N7O3/c1-27(6-7-27)26(39)34-10-8-28(40,9-11-34)17-36-18-31-24-21(25(36)38)15-32-37(24)20-5-3-4-19(14-20)35-13-12-33(2)22(16-35)23(29)30/h3-5,14-15,18,22-23,40H,6-13,16-17H2,1-2H3. The minimum atomic E-state index is -2.43. The van der Waals surface area contributed by atoms with Crippen molar-refractivity contribution in [3.05, 3.63) is 47.1 Å². The highest BCUT2D eigenvalue weighted by atomic mass is 19.3. The van der Waals surface area contributed by atoms with Crippen LogP contribution >= 0.6 is 0 Å². The van der Waals surface area contributed by atoms with Crippen LogP contribution in [0.15, 0.2) is 41.6 Å². The number of piperazine rings is 1. The molecule has 1 saturated carbocycles. The predicted octanol–water partition coefficient (Wildman–Crippen LogP) is 2.12. The molecule has 0 radical (unpaired) electrons. The fourth-order valence-electron chi connectivity index (χ4n) is 5.86. The molecule has 6 rings (SSSR count). The van der Waals surface area contributed by atoms with Crippen LogP contribution in [0.5, 0.6) is 0 Å². The molecule has 1 aliphatic carbocycles. The van der Waals surface area contributed by atoms with Gasteiger partial charge in [-0.25, -0.2) is 18.4 Å². The third-order valence-electron chi connectivity index (χ3n) is 8.94. The normalized spacial score (nSPS) is 22.7. The quantitative estimate of drug-likeness (QED) is 0.498. The maximum atomic E-state index is 13.5. The van der Waals surface area contributed by atoms with Gasteiger partial charge < -0.3 is 14.9 Å². The molecule has 10 nitrogen and oxygen atoms in total. The van der Waals surface area contributed by atoms with E-state index in [1.807, 2.05) is 41.0 Å². The molecular weight excluding hydrogens is 520 g/mol. The number of aliphatic hydroxyl groups is 1. The van der Waals surface area contributed by atoms with Crippen molar-refractivity contribution in [2.75, 3.05) is 44.7 Å². The van der Waals surface area contributed by atoms with Crippen molar-refractivity contribution in [3.8, 4) is 5.69 Å². The molecule has 2 aliphatic heterocycles. The summed E-state index contributed by atoms with van der Waals surface area (Å²) in [6, 6.07) is 6.59. The van der Waals surface area contributed by atoms with Gasteiger partial charge in [0.15, 0.2) is 5.65 Å². The number of aromatic nitrogens is 4. The van der Waals surface area contributed by atoms with Gasteiger partial charge in [-0.2, -0.15) is 5.10 Å². The van der Waals surface area contributed by atoms with Gasteiger partial charge in [0.05, 0.1) is 30.1 Å². The van der Waals surface area contributed by atoms with E-state index < -0.39 is 18.1 Å². The maximum absolute atomic E-state index is 13.5. The third-order valence-corrected chi connectivity index (χ3v) is 8.94. The third kappa shape index (κ3) is 4.87. The summed E-state index contributed by atoms with van der Waals surface area (Å²) in [5.74, 6) is 0.160. The molecule has 4 heterocycles. The number of nitrogens with zero attached hydrogens (tertiary/aromatic N) is 7. The molecule has 3 fully saturated rings. The highest BCUT2D eigenvalue weighted by Gasteiger charge is 2.48. The Morgan fingerprint density at radius 1 is 1.12 bits per heavy atom. The monoisotopic (exact) mass is 555 g/mol. The molecule has 214 valence electrons. The Hall–Kier alpha value is -3.38. The molecule has 40 heavy (non-hydrogen) atoms. The summed E-state index contributed by atoms with van der Waals surface area (Å²) >= 11 is 0. The number of fused-ring (bicyclic) bond motifs is 1. The van der Waals surface area contributed by atoms with Crippen LogP contribution in [0.25, 0.3) is 16.7 Å². The molecule has 2 aromatic heterocycles. The number of piperidine rings is 1. The van der Waals surface area contributed by atoms with Crippen molar-refractivity contribution in [2.24, 2.45) is 5.41 Å². The average Bonchev–Trinajstić information content (AvgIpc) is 3.54. The van der Waals surface area contributed by atoms with Crippen LogP contribution in [0, 0.1) is 5.41 Å². The number of amides is 1. The molecule has 1 amide bonds. The number of likely N-dealkylation sites (tertiary alicyclic amines) is 1. The van der Waals surface area contributed by atoms with E-state index in [-0.39, 0.29) is 30.0 Å². The smallest absolute Gasteiger partial charge is 0.264 e. The second-order valence-electron chi connectivity index (χ2n) is 11.9. The van der Waals surface area contributed by atoms with Gasteiger partial charge in [-0.15, -0.1) is 0 Å². The zero-order chi connectivity index (χ0) is 28.2. The largest absolute Gasteiger partial charge is 0.388 e. The van der Waals surface area contributed by atoms with Crippen molar-refractivity contribution in [2.45, 2.75) is 57.2 Å². The van der Waals surface area contributed by atoms with Crippen LogP contribution in [0.1, 0.15) is 32.6 Å². The molecule has 2 saturated heterocycles. The Labute approximate surface area is 230 Å². The molecule has 3 aromatic rings. The van der Waals surface area contributed by atoms with E-state index >= 15 is 0 Å². The molecule has 1 atom stereocenters. The fraction of sp³-hybridized carbons (Fsp3) is 0.571. The van der Waals surface area contributed by atoms with Gasteiger partial charge >= 0.3 is 0 Å². The van der Waals surface area contributed by atoms with Gasteiger partial charge in [-0.05, 0) is 50.9 Å². The van der Waals surface area contributed by atoms with E-state index in [9.17, 15) is 23.5 Å². The first kappa shape index (κ1) is 26.8. The first-order chi connectivity index (χ1) is 19.1. The topological polar surface area (TPSA) is 99.7 Å². The van der Waals surface area contributed by atoms with Crippen LogP contribution < -0.4 is 10.5 Å². The summed E-state index contributed by atoms with van der Waals surface area (Å²) in [5.41, 5.74) is 0.208. The number of benzene rings is 1. The highest BCUT2D eigenvalue weighted by Crippen LogP contribution is 2.47. The number of carbonyl (C=O) groups is 1. The minimum Gasteiger partial charge on any atom is -0.388 e. The van der Waals surface area contributed by atoms with Crippen LogP contribution in [0.3, 0.4) is 0 Å². The Morgan fingerprint density at radius 3 is 2.55 bits per heavy atom. The van der Waals surface area contributed by atoms with Crippen LogP contribution in [0.2, 0.25) is 0 Å². The average molecular weight is 556 g/mol. The van der Waals surface area contributed by atoms with Crippen molar-refractivity contribution in [1.82, 2.24) is 29.1 Å². The van der Waals surface area contributed by atoms with E-state index in [1.165, 1.54) is 17.1 Å². The first-order valence-corrected chi connectivity index (χ1v) is 13.9. The lowest BCUT2D eigenvalue weighted by Crippen LogP contribution is -2.54. The molecule has 3 aliphatic rings. The second-order valence-corrected chi connectivity index (χ2v) is 11.9. The lowest BCUT2D eigenvalue weighted by atomic mass is 9.90. The van der Waals surface area contributed by atoms with Gasteiger partial charge in [0.2, 0.25) is 5.91 Å². The molecular formula is C28H35F2N7O3. The number of halogens is 2. The molecule has 1 unspecified atom stereocenters. The van der Waals surface area contributed by atoms with Gasteiger partial charge in [0.1, 0.15) is 11.7 Å². The van der Waals surface area contributed by atoms with E-state index in [2.05, 4.69) is 10.1 Å². The minimum absolute atomic E-state index is 0.0868. The second kappa shape index (κ2) is 9.91. The molecule has 0 bridgehead atoms. The number of carbonyl (C=O) groups excluding carboxylic acids is 1. The van der Waals surface area contributed by atoms with Crippen LogP contribution in [0.4, 0.5) is 14.5 Å². The zero-order valence-corrected chi connectivity index (χ0v) is 22.8. The van der Waals surface area contributed by atoms with Crippen LogP contribution in [-0.2, 0) is 11.3 Å². The lowest BCUT2D eigenvalue weighted by Gasteiger charge is -2.40. The summed E-state index contributed by atoms with van der Waals surface area (Å²) in [6.07, 6.45) is 3.09. The predicted molar refractivity (Wildman–Crippen MR) is 146 cm³/mol. The van der Waals surface area contributed by atoms with E-state index in [1.54, 1.807) is 16.6 Å². The first-order valence-electron chi connectivity index (χ1n) is 13.9. The van der Waals surface area contributed by atoms with Gasteiger partial charge in [-0.3, -0.25) is 19.1 Å². The SMILES string of the molecule is CN1CCN(c2cccc(-n3ncc4c(=O)n(CC5(O)CCN(C(=O)C6(C)CC6)CC5)cnc43)c2)CC1C(F)F. The summed E-state index contributed by atoms with van der Waals surface area (Å²) in [4.78, 5) is 36.0. The zero-order valence-electron chi connectivity index (χ0n) is 22.8. The lowest BCUT2D eigenvalue weighted by molar-refractivity contribution is -0.141. The van der Waals surface area contributed by atoms with Gasteiger partial charge in [0.25, 0.3) is 12.0 Å². The maximum Gasteiger partial charge on any atom is 0.264 e. The summed E-state index contributed by atoms with van der Waals surface area (Å²) in [5, 5.41) is 16.0. The fourth-order valence-corrected chi connectivity index (χ4v) is 5.86. The Morgan fingerprint density at radius 2 is 1.85 bits per heavy atom. The number of anilines is 1. The van der Waals surface area contributed by atoms with Crippen molar-refractivity contribution >= 4 is 22.6 Å². The van der Waals surface area contributed by atoms with E-state index in [4.69, 9.17) is 0 Å². The summed E-state index contributed by atoms with van der Waals surface area (Å²) in [6.45, 7) is 4.38. The molecule has 12 heteroatoms. The van der Waals surface area contributed by atoms with E-state index in [0.717, 1.165) is 18.5 Å². The number of hydrogen-bond donors (Lipinski definition) is 1. The van der Waals surface area contributed by atoms with Gasteiger partial charge in [-0.1, -0.05) is 13.0 Å². The number of hydrogen-bond acceptors (Lipinski definition) is 7. The van der Waals surface area contributed by atoms with Crippen LogP contribution in [-0.4, -0.2) is 98.0 Å². The van der Waals surface area contributed by atoms with Crippen molar-refractivity contribution in [3.63, 3.8) is 0 Å².